The molecule has 2 N–H and O–H groups in total. The molecular weight excluding hydrogens is 408 g/mol. The predicted octanol–water partition coefficient (Wildman–Crippen LogP) is 1.67. The van der Waals surface area contributed by atoms with Crippen LogP contribution in [0, 0.1) is 5.92 Å². The van der Waals surface area contributed by atoms with E-state index in [0.29, 0.717) is 36.4 Å². The number of benzene rings is 1. The highest BCUT2D eigenvalue weighted by Crippen LogP contribution is 2.23. The van der Waals surface area contributed by atoms with E-state index < -0.39 is 16.1 Å². The van der Waals surface area contributed by atoms with Crippen LogP contribution in [0.5, 0.6) is 0 Å². The summed E-state index contributed by atoms with van der Waals surface area (Å²) in [5.41, 5.74) is 0.706. The van der Waals surface area contributed by atoms with Gasteiger partial charge in [0.25, 0.3) is 16.1 Å². The summed E-state index contributed by atoms with van der Waals surface area (Å²) in [7, 11) is -0.638. The molecule has 2 aromatic rings. The molecule has 1 saturated heterocycles. The van der Waals surface area contributed by atoms with E-state index in [0.717, 1.165) is 4.31 Å². The van der Waals surface area contributed by atoms with Crippen LogP contribution in [0.15, 0.2) is 47.1 Å². The molecule has 9 nitrogen and oxygen atoms in total. The van der Waals surface area contributed by atoms with Gasteiger partial charge in [-0.1, -0.05) is 12.1 Å². The Morgan fingerprint density at radius 2 is 1.97 bits per heavy atom. The van der Waals surface area contributed by atoms with E-state index in [1.807, 2.05) is 0 Å². The molecule has 1 unspecified atom stereocenters. The quantitative estimate of drug-likeness (QED) is 0.688. The number of anilines is 1. The zero-order valence-electron chi connectivity index (χ0n) is 17.0. The summed E-state index contributed by atoms with van der Waals surface area (Å²) >= 11 is 0. The van der Waals surface area contributed by atoms with E-state index in [4.69, 9.17) is 4.42 Å². The van der Waals surface area contributed by atoms with E-state index >= 15 is 0 Å². The number of amides is 2. The van der Waals surface area contributed by atoms with Gasteiger partial charge in [-0.25, -0.2) is 0 Å². The number of hydrogen-bond donors (Lipinski definition) is 2. The third-order valence-corrected chi connectivity index (χ3v) is 6.88. The van der Waals surface area contributed by atoms with Crippen molar-refractivity contribution in [3.05, 3.63) is 54.0 Å². The molecule has 0 bridgehead atoms. The fourth-order valence-electron chi connectivity index (χ4n) is 3.30. The van der Waals surface area contributed by atoms with E-state index in [1.54, 1.807) is 36.4 Å². The van der Waals surface area contributed by atoms with Crippen LogP contribution in [0.25, 0.3) is 0 Å². The van der Waals surface area contributed by atoms with Crippen molar-refractivity contribution in [1.29, 1.82) is 0 Å². The summed E-state index contributed by atoms with van der Waals surface area (Å²) in [6.45, 7) is 0.726. The van der Waals surface area contributed by atoms with Gasteiger partial charge in [0, 0.05) is 27.2 Å². The zero-order valence-corrected chi connectivity index (χ0v) is 17.8. The van der Waals surface area contributed by atoms with Gasteiger partial charge < -0.3 is 15.1 Å². The number of rotatable bonds is 7. The highest BCUT2D eigenvalue weighted by Gasteiger charge is 2.33. The first-order valence-electron chi connectivity index (χ1n) is 9.67. The van der Waals surface area contributed by atoms with Crippen molar-refractivity contribution in [3.63, 3.8) is 0 Å². The molecule has 10 heteroatoms. The van der Waals surface area contributed by atoms with Crippen LogP contribution in [0.1, 0.15) is 29.0 Å². The van der Waals surface area contributed by atoms with Crippen molar-refractivity contribution in [2.45, 2.75) is 19.4 Å². The summed E-state index contributed by atoms with van der Waals surface area (Å²) in [6.07, 6.45) is 2.70. The molecule has 0 aliphatic carbocycles. The van der Waals surface area contributed by atoms with Crippen molar-refractivity contribution >= 4 is 27.7 Å². The number of carbonyl (C=O) groups excluding carboxylic acids is 2. The van der Waals surface area contributed by atoms with Gasteiger partial charge in [-0.05, 0) is 37.1 Å². The molecule has 162 valence electrons. The lowest BCUT2D eigenvalue weighted by Crippen LogP contribution is -2.47. The number of nitrogens with zero attached hydrogens (tertiary/aromatic N) is 2. The lowest BCUT2D eigenvalue weighted by Gasteiger charge is -2.32. The summed E-state index contributed by atoms with van der Waals surface area (Å²) in [5.74, 6) is -0.523. The van der Waals surface area contributed by atoms with Crippen molar-refractivity contribution < 1.29 is 22.4 Å². The Balaban J connectivity index is 1.67. The second-order valence-electron chi connectivity index (χ2n) is 7.28. The zero-order chi connectivity index (χ0) is 21.7. The van der Waals surface area contributed by atoms with Crippen LogP contribution in [0.3, 0.4) is 0 Å². The fourth-order valence-corrected chi connectivity index (χ4v) is 4.49. The van der Waals surface area contributed by atoms with Gasteiger partial charge in [0.05, 0.1) is 30.0 Å². The second-order valence-corrected chi connectivity index (χ2v) is 9.43. The minimum absolute atomic E-state index is 0.110. The number of carbonyl (C=O) groups is 2. The normalized spacial score (nSPS) is 17.6. The SMILES string of the molecule is CN(C)S(=O)(=O)N1CCCC(C(=O)Nc2ccccc2C(=O)NCc2ccco2)C1. The largest absolute Gasteiger partial charge is 0.467 e. The lowest BCUT2D eigenvalue weighted by molar-refractivity contribution is -0.120. The summed E-state index contributed by atoms with van der Waals surface area (Å²) in [4.78, 5) is 25.4. The Hall–Kier alpha value is -2.69. The van der Waals surface area contributed by atoms with Crippen molar-refractivity contribution in [3.8, 4) is 0 Å². The first kappa shape index (κ1) is 22.0. The Labute approximate surface area is 176 Å². The van der Waals surface area contributed by atoms with Crippen LogP contribution in [-0.2, 0) is 21.5 Å². The molecule has 1 atom stereocenters. The van der Waals surface area contributed by atoms with Gasteiger partial charge in [0.15, 0.2) is 0 Å². The molecule has 0 spiro atoms. The third kappa shape index (κ3) is 5.07. The molecule has 3 rings (SSSR count). The molecule has 30 heavy (non-hydrogen) atoms. The van der Waals surface area contributed by atoms with Gasteiger partial charge >= 0.3 is 0 Å². The number of nitrogens with one attached hydrogen (secondary N) is 2. The van der Waals surface area contributed by atoms with Crippen LogP contribution in [0.2, 0.25) is 0 Å². The number of hydrogen-bond acceptors (Lipinski definition) is 5. The lowest BCUT2D eigenvalue weighted by atomic mass is 9.98. The summed E-state index contributed by atoms with van der Waals surface area (Å²) in [6, 6.07) is 10.2. The number of para-hydroxylation sites is 1. The highest BCUT2D eigenvalue weighted by atomic mass is 32.2. The maximum absolute atomic E-state index is 12.8. The molecule has 1 fully saturated rings. The van der Waals surface area contributed by atoms with Gasteiger partial charge in [-0.15, -0.1) is 0 Å². The molecule has 1 aromatic heterocycles. The summed E-state index contributed by atoms with van der Waals surface area (Å²) < 4.78 is 32.4. The monoisotopic (exact) mass is 434 g/mol. The van der Waals surface area contributed by atoms with E-state index in [2.05, 4.69) is 10.6 Å². The minimum Gasteiger partial charge on any atom is -0.467 e. The van der Waals surface area contributed by atoms with Crippen molar-refractivity contribution in [2.75, 3.05) is 32.5 Å². The maximum atomic E-state index is 12.8. The minimum atomic E-state index is -3.58. The number of furan rings is 1. The van der Waals surface area contributed by atoms with Gasteiger partial charge in [-0.2, -0.15) is 17.0 Å². The van der Waals surface area contributed by atoms with E-state index in [-0.39, 0.29) is 24.9 Å². The van der Waals surface area contributed by atoms with Gasteiger partial charge in [0.2, 0.25) is 5.91 Å². The Morgan fingerprint density at radius 1 is 1.20 bits per heavy atom. The maximum Gasteiger partial charge on any atom is 0.281 e. The van der Waals surface area contributed by atoms with E-state index in [9.17, 15) is 18.0 Å². The third-order valence-electron chi connectivity index (χ3n) is 4.98. The van der Waals surface area contributed by atoms with Crippen molar-refractivity contribution in [1.82, 2.24) is 13.9 Å². The van der Waals surface area contributed by atoms with Crippen LogP contribution in [-0.4, -0.2) is 56.0 Å². The Morgan fingerprint density at radius 3 is 2.67 bits per heavy atom. The molecule has 2 amide bonds. The highest BCUT2D eigenvalue weighted by molar-refractivity contribution is 7.86. The van der Waals surface area contributed by atoms with Crippen LogP contribution in [0.4, 0.5) is 5.69 Å². The molecule has 1 aliphatic rings. The summed E-state index contributed by atoms with van der Waals surface area (Å²) in [5, 5.41) is 5.55. The first-order chi connectivity index (χ1) is 14.3. The second kappa shape index (κ2) is 9.41. The smallest absolute Gasteiger partial charge is 0.281 e. The average molecular weight is 435 g/mol. The molecule has 0 radical (unpaired) electrons. The molecule has 2 heterocycles. The topological polar surface area (TPSA) is 112 Å². The Kier molecular flexibility index (Phi) is 6.91. The van der Waals surface area contributed by atoms with E-state index in [1.165, 1.54) is 24.7 Å². The Bertz CT molecular complexity index is 988. The molecule has 1 aromatic carbocycles. The average Bonchev–Trinajstić information content (AvgIpc) is 3.26. The standard InChI is InChI=1S/C20H26N4O5S/c1-23(2)30(27,28)24-11-5-7-15(14-24)19(25)22-18-10-4-3-9-17(18)20(26)21-13-16-8-6-12-29-16/h3-4,6,8-10,12,15H,5,7,11,13-14H2,1-2H3,(H,21,26)(H,22,25). The van der Waals surface area contributed by atoms with Crippen molar-refractivity contribution in [2.24, 2.45) is 5.92 Å². The number of piperidine rings is 1. The van der Waals surface area contributed by atoms with Crippen LogP contribution < -0.4 is 10.6 Å². The predicted molar refractivity (Wildman–Crippen MR) is 112 cm³/mol. The molecular formula is C20H26N4O5S. The molecule has 1 aliphatic heterocycles. The first-order valence-corrected chi connectivity index (χ1v) is 11.1. The molecule has 0 saturated carbocycles. The fraction of sp³-hybridized carbons (Fsp3) is 0.400. The van der Waals surface area contributed by atoms with Crippen LogP contribution >= 0.6 is 0 Å². The van der Waals surface area contributed by atoms with Gasteiger partial charge in [0.1, 0.15) is 5.76 Å². The van der Waals surface area contributed by atoms with Gasteiger partial charge in [-0.3, -0.25) is 9.59 Å².